The zero-order valence-electron chi connectivity index (χ0n) is 39.9. The van der Waals surface area contributed by atoms with Crippen molar-refractivity contribution >= 4 is 27.6 Å². The number of aliphatic hydroxyl groups excluding tert-OH is 4. The summed E-state index contributed by atoms with van der Waals surface area (Å²) < 4.78 is 55.1. The van der Waals surface area contributed by atoms with Gasteiger partial charge in [0.25, 0.3) is 0 Å². The van der Waals surface area contributed by atoms with Crippen LogP contribution in [0, 0.1) is 0 Å². The molecule has 0 bridgehead atoms. The van der Waals surface area contributed by atoms with Crippen LogP contribution >= 0.6 is 15.6 Å². The minimum absolute atomic E-state index is 0.0250. The van der Waals surface area contributed by atoms with Gasteiger partial charge in [0.1, 0.15) is 43.2 Å². The number of hydrogen-bond donors (Lipinski definition) is 7. The summed E-state index contributed by atoms with van der Waals surface area (Å²) in [5.74, 6) is -1.35. The van der Waals surface area contributed by atoms with Crippen LogP contribution in [0.3, 0.4) is 0 Å². The van der Waals surface area contributed by atoms with Crippen molar-refractivity contribution in [1.82, 2.24) is 0 Å². The molecule has 1 aliphatic heterocycles. The summed E-state index contributed by atoms with van der Waals surface area (Å²) in [5, 5.41) is 41.3. The predicted molar refractivity (Wildman–Crippen MR) is 259 cm³/mol. The molecule has 0 aromatic rings. The molecule has 1 saturated carbocycles. The van der Waals surface area contributed by atoms with E-state index in [4.69, 9.17) is 23.3 Å². The van der Waals surface area contributed by atoms with Crippen molar-refractivity contribution in [2.45, 2.75) is 197 Å². The van der Waals surface area contributed by atoms with E-state index in [-0.39, 0.29) is 25.0 Å². The van der Waals surface area contributed by atoms with Crippen molar-refractivity contribution < 1.29 is 81.6 Å². The van der Waals surface area contributed by atoms with Crippen LogP contribution in [-0.2, 0) is 46.5 Å². The van der Waals surface area contributed by atoms with Crippen LogP contribution in [-0.4, -0.2) is 115 Å². The Kier molecular flexibility index (Phi) is 32.5. The highest BCUT2D eigenvalue weighted by molar-refractivity contribution is 7.47. The van der Waals surface area contributed by atoms with Crippen LogP contribution in [0.2, 0.25) is 0 Å². The van der Waals surface area contributed by atoms with Crippen molar-refractivity contribution in [3.8, 4) is 0 Å². The van der Waals surface area contributed by atoms with Crippen molar-refractivity contribution in [3.05, 3.63) is 85.1 Å². The van der Waals surface area contributed by atoms with Gasteiger partial charge in [0.05, 0.1) is 18.8 Å². The second-order valence-corrected chi connectivity index (χ2v) is 19.5. The van der Waals surface area contributed by atoms with E-state index >= 15 is 0 Å². The molecule has 2 aliphatic rings. The van der Waals surface area contributed by atoms with Crippen LogP contribution < -0.4 is 0 Å². The molecule has 7 unspecified atom stereocenters. The quantitative estimate of drug-likeness (QED) is 0.0101. The van der Waals surface area contributed by atoms with Crippen LogP contribution in [0.1, 0.15) is 142 Å². The Labute approximate surface area is 403 Å². The number of carbonyl (C=O) groups is 2. The molecule has 0 spiro atoms. The van der Waals surface area contributed by atoms with E-state index in [2.05, 4.69) is 79.1 Å². The van der Waals surface area contributed by atoms with Gasteiger partial charge in [0.2, 0.25) is 0 Å². The Hall–Kier alpha value is -2.86. The molecule has 2 fully saturated rings. The van der Waals surface area contributed by atoms with E-state index in [1.54, 1.807) is 0 Å². The van der Waals surface area contributed by atoms with Gasteiger partial charge in [-0.1, -0.05) is 125 Å². The molecular weight excluding hydrogens is 922 g/mol. The van der Waals surface area contributed by atoms with Gasteiger partial charge in [-0.2, -0.15) is 0 Å². The molecule has 0 amide bonds. The van der Waals surface area contributed by atoms with Crippen molar-refractivity contribution in [2.24, 2.45) is 0 Å². The fourth-order valence-electron chi connectivity index (χ4n) is 6.93. The zero-order chi connectivity index (χ0) is 50.0. The number of carbonyl (C=O) groups excluding carboxylic acids is 2. The van der Waals surface area contributed by atoms with Crippen LogP contribution in [0.15, 0.2) is 85.1 Å². The molecule has 388 valence electrons. The largest absolute Gasteiger partial charge is 0.472 e. The van der Waals surface area contributed by atoms with Crippen molar-refractivity contribution in [1.29, 1.82) is 0 Å². The Morgan fingerprint density at radius 1 is 0.529 bits per heavy atom. The second-order valence-electron chi connectivity index (χ2n) is 16.9. The number of ether oxygens (including phenoxy) is 3. The van der Waals surface area contributed by atoms with Gasteiger partial charge in [-0.05, 0) is 89.9 Å². The monoisotopic (exact) mass is 1000 g/mol. The molecule has 1 heterocycles. The van der Waals surface area contributed by atoms with Gasteiger partial charge in [-0.25, -0.2) is 9.13 Å². The van der Waals surface area contributed by atoms with Gasteiger partial charge in [0.15, 0.2) is 6.10 Å². The standard InChI is InChI=1S/C49H80O17P2/c1-3-5-7-9-11-13-14-15-16-17-18-19-20-22-24-26-31-35-42(50)61-37-39(38-62-68(59,60)66-49-46(54)44(52)45(53)48(47(49)55)65-67(56,57)58)63-43(51)36-32-28-27-30-34-41-40(64-41)33-29-25-23-21-12-10-8-6-4-2/h11-13,15-16,18-19,21-22,24-25,27,29-30,39-41,44-49,52-55H,3-10,14,17,20,23,26,28,31-38H2,1-2H3,(H,59,60)(H2,56,57,58)/b13-11-,16-15-,19-18-,21-12-,24-22-,29-25-,30-27-/t39-,40?,41?,44?,45?,46?,47?,48-,49+/m1/s1. The lowest BCUT2D eigenvalue weighted by molar-refractivity contribution is -0.216. The number of allylic oxidation sites excluding steroid dienone is 12. The molecular formula is C49H80O17P2. The fraction of sp³-hybridized carbons (Fsp3) is 0.673. The third kappa shape index (κ3) is 29.4. The number of phosphoric ester groups is 2. The highest BCUT2D eigenvalue weighted by atomic mass is 31.2. The van der Waals surface area contributed by atoms with Crippen LogP contribution in [0.5, 0.6) is 0 Å². The van der Waals surface area contributed by atoms with Gasteiger partial charge in [-0.15, -0.1) is 0 Å². The average Bonchev–Trinajstić information content (AvgIpc) is 4.05. The molecule has 0 radical (unpaired) electrons. The minimum Gasteiger partial charge on any atom is -0.462 e. The fourth-order valence-corrected chi connectivity index (χ4v) is 8.47. The number of aliphatic hydroxyl groups is 4. The SMILES string of the molecule is CCCCC/C=C\C/C=C\C/C=C\C/C=C\CCCC(=O)OC[C@H](COP(=O)(O)O[C@H]1C(O)C(O)C(O)[C@@H](OP(=O)(O)O)C1O)OC(=O)CCC/C=C\CC1OC1C/C=C\C/C=C\CCCCC. The summed E-state index contributed by atoms with van der Waals surface area (Å²) >= 11 is 0. The lowest BCUT2D eigenvalue weighted by Gasteiger charge is -2.43. The highest BCUT2D eigenvalue weighted by Crippen LogP contribution is 2.49. The van der Waals surface area contributed by atoms with Crippen LogP contribution in [0.25, 0.3) is 0 Å². The zero-order valence-corrected chi connectivity index (χ0v) is 41.7. The summed E-state index contributed by atoms with van der Waals surface area (Å²) in [6, 6.07) is 0. The van der Waals surface area contributed by atoms with E-state index in [9.17, 15) is 53.8 Å². The topological polar surface area (TPSA) is 269 Å². The summed E-state index contributed by atoms with van der Waals surface area (Å²) in [6.07, 6.45) is 31.4. The molecule has 1 aliphatic carbocycles. The van der Waals surface area contributed by atoms with Gasteiger partial charge in [-0.3, -0.25) is 23.2 Å². The lowest BCUT2D eigenvalue weighted by Crippen LogP contribution is -2.64. The number of hydrogen-bond acceptors (Lipinski definition) is 14. The molecule has 10 atom stereocenters. The number of rotatable bonds is 38. The van der Waals surface area contributed by atoms with Crippen molar-refractivity contribution in [2.75, 3.05) is 13.2 Å². The van der Waals surface area contributed by atoms with E-state index < -0.39 is 83.5 Å². The maximum absolute atomic E-state index is 13.0. The first-order chi connectivity index (χ1) is 32.6. The number of phosphoric acid groups is 2. The Bertz CT molecular complexity index is 1700. The summed E-state index contributed by atoms with van der Waals surface area (Å²) in [5.41, 5.74) is 0. The molecule has 0 aromatic carbocycles. The summed E-state index contributed by atoms with van der Waals surface area (Å²) in [7, 11) is -10.7. The molecule has 0 aromatic heterocycles. The first kappa shape index (κ1) is 61.3. The first-order valence-corrected chi connectivity index (χ1v) is 27.3. The average molecular weight is 1000 g/mol. The third-order valence-electron chi connectivity index (χ3n) is 10.8. The van der Waals surface area contributed by atoms with E-state index in [1.165, 1.54) is 38.5 Å². The van der Waals surface area contributed by atoms with Gasteiger partial charge >= 0.3 is 27.6 Å². The Morgan fingerprint density at radius 3 is 1.46 bits per heavy atom. The predicted octanol–water partition coefficient (Wildman–Crippen LogP) is 8.38. The van der Waals surface area contributed by atoms with Crippen molar-refractivity contribution in [3.63, 3.8) is 0 Å². The smallest absolute Gasteiger partial charge is 0.462 e. The minimum atomic E-state index is -5.38. The molecule has 19 heteroatoms. The summed E-state index contributed by atoms with van der Waals surface area (Å²) in [4.78, 5) is 54.3. The second kappa shape index (κ2) is 36.1. The maximum atomic E-state index is 13.0. The van der Waals surface area contributed by atoms with Gasteiger partial charge < -0.3 is 49.3 Å². The maximum Gasteiger partial charge on any atom is 0.472 e. The Morgan fingerprint density at radius 2 is 0.956 bits per heavy atom. The van der Waals surface area contributed by atoms with E-state index in [1.807, 2.05) is 24.3 Å². The third-order valence-corrected chi connectivity index (χ3v) is 12.3. The van der Waals surface area contributed by atoms with E-state index in [0.29, 0.717) is 25.7 Å². The highest BCUT2D eigenvalue weighted by Gasteiger charge is 2.54. The van der Waals surface area contributed by atoms with Crippen LogP contribution in [0.4, 0.5) is 0 Å². The van der Waals surface area contributed by atoms with E-state index in [0.717, 1.165) is 51.4 Å². The first-order valence-electron chi connectivity index (χ1n) is 24.3. The molecule has 2 rings (SSSR count). The summed E-state index contributed by atoms with van der Waals surface area (Å²) in [6.45, 7) is 2.94. The number of unbranched alkanes of at least 4 members (excludes halogenated alkanes) is 8. The lowest BCUT2D eigenvalue weighted by atomic mass is 9.85. The molecule has 68 heavy (non-hydrogen) atoms. The van der Waals surface area contributed by atoms with Gasteiger partial charge in [0, 0.05) is 12.8 Å². The normalized spacial score (nSPS) is 25.0. The molecule has 1 saturated heterocycles. The Balaban J connectivity index is 1.85. The number of epoxide rings is 1. The molecule has 7 N–H and O–H groups in total. The number of esters is 2. The molecule has 17 nitrogen and oxygen atoms in total.